The van der Waals surface area contributed by atoms with Gasteiger partial charge in [0.1, 0.15) is 10.0 Å². The lowest BCUT2D eigenvalue weighted by Gasteiger charge is -2.10. The van der Waals surface area contributed by atoms with Crippen LogP contribution in [0.5, 0.6) is 0 Å². The van der Waals surface area contributed by atoms with Gasteiger partial charge in [-0.1, -0.05) is 23.2 Å². The van der Waals surface area contributed by atoms with Crippen molar-refractivity contribution in [2.24, 2.45) is 0 Å². The van der Waals surface area contributed by atoms with E-state index >= 15 is 0 Å². The molecular formula is C11H9Cl2N3O2S. The van der Waals surface area contributed by atoms with E-state index < -0.39 is 10.0 Å². The summed E-state index contributed by atoms with van der Waals surface area (Å²) in [6.07, 6.45) is 2.60. The first-order valence-corrected chi connectivity index (χ1v) is 7.39. The van der Waals surface area contributed by atoms with Crippen LogP contribution in [-0.4, -0.2) is 18.4 Å². The minimum Gasteiger partial charge on any atom is -0.278 e. The van der Waals surface area contributed by atoms with Crippen molar-refractivity contribution >= 4 is 38.9 Å². The summed E-state index contributed by atoms with van der Waals surface area (Å²) in [6, 6.07) is 4.44. The van der Waals surface area contributed by atoms with E-state index in [1.54, 1.807) is 6.92 Å². The first kappa shape index (κ1) is 14.0. The second kappa shape index (κ2) is 5.32. The van der Waals surface area contributed by atoms with E-state index in [9.17, 15) is 8.42 Å². The van der Waals surface area contributed by atoms with Gasteiger partial charge in [0.25, 0.3) is 10.0 Å². The first-order valence-electron chi connectivity index (χ1n) is 5.15. The van der Waals surface area contributed by atoms with E-state index in [1.807, 2.05) is 0 Å². The molecule has 0 amide bonds. The molecule has 2 aromatic heterocycles. The van der Waals surface area contributed by atoms with Gasteiger partial charge in [0.05, 0.1) is 16.4 Å². The standard InChI is InChI=1S/C11H9Cl2N3O2S/c1-7-9(2-3-11(13)15-7)16-19(17,18)10-6-14-5-4-8(10)12/h2-6,16H,1H3. The molecular weight excluding hydrogens is 309 g/mol. The van der Waals surface area contributed by atoms with Crippen molar-refractivity contribution in [1.29, 1.82) is 0 Å². The molecule has 2 heterocycles. The summed E-state index contributed by atoms with van der Waals surface area (Å²) in [5.74, 6) is 0. The summed E-state index contributed by atoms with van der Waals surface area (Å²) < 4.78 is 26.7. The zero-order chi connectivity index (χ0) is 14.0. The summed E-state index contributed by atoms with van der Waals surface area (Å²) >= 11 is 11.6. The Morgan fingerprint density at radius 3 is 2.58 bits per heavy atom. The average molecular weight is 318 g/mol. The van der Waals surface area contributed by atoms with Crippen LogP contribution in [0.2, 0.25) is 10.2 Å². The van der Waals surface area contributed by atoms with Gasteiger partial charge in [0.2, 0.25) is 0 Å². The van der Waals surface area contributed by atoms with E-state index in [1.165, 1.54) is 30.6 Å². The SMILES string of the molecule is Cc1nc(Cl)ccc1NS(=O)(=O)c1cnccc1Cl. The number of pyridine rings is 2. The number of sulfonamides is 1. The molecule has 0 aliphatic carbocycles. The molecule has 2 rings (SSSR count). The molecule has 0 saturated heterocycles. The maximum Gasteiger partial charge on any atom is 0.264 e. The lowest BCUT2D eigenvalue weighted by Crippen LogP contribution is -2.14. The van der Waals surface area contributed by atoms with Crippen LogP contribution in [0.3, 0.4) is 0 Å². The van der Waals surface area contributed by atoms with Crippen molar-refractivity contribution in [3.05, 3.63) is 46.5 Å². The zero-order valence-corrected chi connectivity index (χ0v) is 12.1. The molecule has 0 saturated carbocycles. The van der Waals surface area contributed by atoms with Crippen LogP contribution in [0.15, 0.2) is 35.5 Å². The van der Waals surface area contributed by atoms with Crippen LogP contribution in [0, 0.1) is 6.92 Å². The van der Waals surface area contributed by atoms with Crippen LogP contribution < -0.4 is 4.72 Å². The Balaban J connectivity index is 2.40. The molecule has 0 bridgehead atoms. The van der Waals surface area contributed by atoms with Gasteiger partial charge in [0, 0.05) is 12.4 Å². The van der Waals surface area contributed by atoms with Crippen LogP contribution in [0.1, 0.15) is 5.69 Å². The minimum atomic E-state index is -3.81. The molecule has 0 spiro atoms. The molecule has 8 heteroatoms. The van der Waals surface area contributed by atoms with Gasteiger partial charge in [-0.05, 0) is 25.1 Å². The van der Waals surface area contributed by atoms with E-state index in [4.69, 9.17) is 23.2 Å². The number of anilines is 1. The number of aromatic nitrogens is 2. The second-order valence-electron chi connectivity index (χ2n) is 3.68. The third kappa shape index (κ3) is 3.15. The zero-order valence-electron chi connectivity index (χ0n) is 9.76. The molecule has 5 nitrogen and oxygen atoms in total. The summed E-state index contributed by atoms with van der Waals surface area (Å²) in [6.45, 7) is 1.65. The van der Waals surface area contributed by atoms with Crippen molar-refractivity contribution in [2.75, 3.05) is 4.72 Å². The first-order chi connectivity index (χ1) is 8.90. The highest BCUT2D eigenvalue weighted by Crippen LogP contribution is 2.24. The Hall–Kier alpha value is -1.37. The maximum absolute atomic E-state index is 12.2. The van der Waals surface area contributed by atoms with Crippen LogP contribution >= 0.6 is 23.2 Å². The van der Waals surface area contributed by atoms with Crippen LogP contribution in [0.4, 0.5) is 5.69 Å². The molecule has 0 unspecified atom stereocenters. The molecule has 0 fully saturated rings. The molecule has 0 radical (unpaired) electrons. The minimum absolute atomic E-state index is 0.0917. The highest BCUT2D eigenvalue weighted by atomic mass is 35.5. The van der Waals surface area contributed by atoms with Crippen molar-refractivity contribution < 1.29 is 8.42 Å². The molecule has 2 aromatic rings. The van der Waals surface area contributed by atoms with Crippen molar-refractivity contribution in [1.82, 2.24) is 9.97 Å². The fourth-order valence-corrected chi connectivity index (χ4v) is 3.14. The van der Waals surface area contributed by atoms with E-state index in [-0.39, 0.29) is 9.92 Å². The Morgan fingerprint density at radius 2 is 1.95 bits per heavy atom. The molecule has 1 N–H and O–H groups in total. The summed E-state index contributed by atoms with van der Waals surface area (Å²) in [5.41, 5.74) is 0.806. The van der Waals surface area contributed by atoms with Gasteiger partial charge in [-0.25, -0.2) is 13.4 Å². The van der Waals surface area contributed by atoms with Crippen molar-refractivity contribution in [3.63, 3.8) is 0 Å². The molecule has 19 heavy (non-hydrogen) atoms. The molecule has 0 atom stereocenters. The van der Waals surface area contributed by atoms with Crippen LogP contribution in [0.25, 0.3) is 0 Å². The summed E-state index contributed by atoms with van der Waals surface area (Å²) in [4.78, 5) is 7.62. The average Bonchev–Trinajstić information content (AvgIpc) is 2.33. The Labute approximate surface area is 120 Å². The quantitative estimate of drug-likeness (QED) is 0.883. The predicted octanol–water partition coefficient (Wildman–Crippen LogP) is 2.89. The number of aryl methyl sites for hydroxylation is 1. The van der Waals surface area contributed by atoms with Crippen molar-refractivity contribution in [3.8, 4) is 0 Å². The fraction of sp³-hybridized carbons (Fsp3) is 0.0909. The topological polar surface area (TPSA) is 72.0 Å². The smallest absolute Gasteiger partial charge is 0.264 e. The third-order valence-corrected chi connectivity index (χ3v) is 4.36. The second-order valence-corrected chi connectivity index (χ2v) is 6.12. The Kier molecular flexibility index (Phi) is 3.93. The number of hydrogen-bond acceptors (Lipinski definition) is 4. The molecule has 0 aromatic carbocycles. The van der Waals surface area contributed by atoms with Gasteiger partial charge >= 0.3 is 0 Å². The molecule has 0 aliphatic rings. The summed E-state index contributed by atoms with van der Waals surface area (Å²) in [7, 11) is -3.81. The van der Waals surface area contributed by atoms with Crippen LogP contribution in [-0.2, 0) is 10.0 Å². The number of nitrogens with one attached hydrogen (secondary N) is 1. The number of nitrogens with zero attached hydrogens (tertiary/aromatic N) is 2. The van der Waals surface area contributed by atoms with Gasteiger partial charge < -0.3 is 0 Å². The highest BCUT2D eigenvalue weighted by Gasteiger charge is 2.19. The van der Waals surface area contributed by atoms with E-state index in [0.29, 0.717) is 16.5 Å². The lowest BCUT2D eigenvalue weighted by atomic mass is 10.3. The van der Waals surface area contributed by atoms with E-state index in [2.05, 4.69) is 14.7 Å². The maximum atomic E-state index is 12.2. The monoisotopic (exact) mass is 317 g/mol. The molecule has 100 valence electrons. The lowest BCUT2D eigenvalue weighted by molar-refractivity contribution is 0.601. The normalized spacial score (nSPS) is 11.3. The number of rotatable bonds is 3. The predicted molar refractivity (Wildman–Crippen MR) is 74.0 cm³/mol. The fourth-order valence-electron chi connectivity index (χ4n) is 1.40. The highest BCUT2D eigenvalue weighted by molar-refractivity contribution is 7.92. The van der Waals surface area contributed by atoms with E-state index in [0.717, 1.165) is 0 Å². The van der Waals surface area contributed by atoms with Gasteiger partial charge in [0.15, 0.2) is 0 Å². The largest absolute Gasteiger partial charge is 0.278 e. The summed E-state index contributed by atoms with van der Waals surface area (Å²) in [5, 5.41) is 0.391. The number of halogens is 2. The van der Waals surface area contributed by atoms with Gasteiger partial charge in [-0.2, -0.15) is 0 Å². The van der Waals surface area contributed by atoms with Gasteiger partial charge in [-0.15, -0.1) is 0 Å². The Bertz CT molecular complexity index is 720. The Morgan fingerprint density at radius 1 is 1.21 bits per heavy atom. The van der Waals surface area contributed by atoms with Gasteiger partial charge in [-0.3, -0.25) is 9.71 Å². The molecule has 0 aliphatic heterocycles. The van der Waals surface area contributed by atoms with Crippen molar-refractivity contribution in [2.45, 2.75) is 11.8 Å². The number of hydrogen-bond donors (Lipinski definition) is 1. The third-order valence-electron chi connectivity index (χ3n) is 2.32.